The fraction of sp³-hybridized carbons (Fsp3) is 0.200. The lowest BCUT2D eigenvalue weighted by molar-refractivity contribution is -0.122. The van der Waals surface area contributed by atoms with Crippen LogP contribution in [-0.4, -0.2) is 18.9 Å². The summed E-state index contributed by atoms with van der Waals surface area (Å²) in [4.78, 5) is 25.4. The van der Waals surface area contributed by atoms with Crippen LogP contribution in [0.2, 0.25) is 0 Å². The maximum Gasteiger partial charge on any atom is 0.257 e. The van der Waals surface area contributed by atoms with E-state index >= 15 is 0 Å². The number of benzene rings is 1. The molecule has 1 aromatic heterocycles. The SMILES string of the molecule is Cc1ccc(S(=O)(=O)NNC(=O)Cn2ccccc2=O)c(C)c1. The van der Waals surface area contributed by atoms with Crippen LogP contribution >= 0.6 is 0 Å². The molecule has 0 saturated heterocycles. The van der Waals surface area contributed by atoms with Crippen LogP contribution in [0.4, 0.5) is 0 Å². The molecular weight excluding hydrogens is 318 g/mol. The molecule has 1 heterocycles. The number of amides is 1. The number of nitrogens with one attached hydrogen (secondary N) is 2. The molecule has 0 bridgehead atoms. The first-order valence-corrected chi connectivity index (χ1v) is 8.31. The number of nitrogens with zero attached hydrogens (tertiary/aromatic N) is 1. The smallest absolute Gasteiger partial charge is 0.257 e. The lowest BCUT2D eigenvalue weighted by Crippen LogP contribution is -2.44. The summed E-state index contributed by atoms with van der Waals surface area (Å²) in [6, 6.07) is 9.36. The van der Waals surface area contributed by atoms with Crippen molar-refractivity contribution in [2.24, 2.45) is 0 Å². The van der Waals surface area contributed by atoms with Crippen molar-refractivity contribution in [3.05, 3.63) is 64.1 Å². The third kappa shape index (κ3) is 4.27. The van der Waals surface area contributed by atoms with Crippen molar-refractivity contribution in [2.75, 3.05) is 0 Å². The Hall–Kier alpha value is -2.45. The Morgan fingerprint density at radius 2 is 1.91 bits per heavy atom. The molecule has 0 atom stereocenters. The Morgan fingerprint density at radius 1 is 1.17 bits per heavy atom. The highest BCUT2D eigenvalue weighted by atomic mass is 32.2. The summed E-state index contributed by atoms with van der Waals surface area (Å²) in [5.41, 5.74) is 3.27. The molecule has 0 aliphatic carbocycles. The van der Waals surface area contributed by atoms with Crippen LogP contribution in [0, 0.1) is 13.8 Å². The van der Waals surface area contributed by atoms with Gasteiger partial charge in [-0.15, -0.1) is 4.83 Å². The quantitative estimate of drug-likeness (QED) is 0.777. The molecule has 1 aromatic carbocycles. The zero-order valence-electron chi connectivity index (χ0n) is 12.7. The van der Waals surface area contributed by atoms with Crippen LogP contribution in [0.1, 0.15) is 11.1 Å². The molecule has 0 unspecified atom stereocenters. The van der Waals surface area contributed by atoms with Crippen molar-refractivity contribution in [1.29, 1.82) is 0 Å². The van der Waals surface area contributed by atoms with E-state index in [0.29, 0.717) is 5.56 Å². The third-order valence-corrected chi connectivity index (χ3v) is 4.57. The lowest BCUT2D eigenvalue weighted by atomic mass is 10.2. The van der Waals surface area contributed by atoms with E-state index in [4.69, 9.17) is 0 Å². The van der Waals surface area contributed by atoms with Crippen LogP contribution in [0.5, 0.6) is 0 Å². The number of hydrogen-bond donors (Lipinski definition) is 2. The maximum atomic E-state index is 12.2. The number of aromatic nitrogens is 1. The van der Waals surface area contributed by atoms with Gasteiger partial charge in [-0.25, -0.2) is 8.42 Å². The van der Waals surface area contributed by atoms with E-state index in [9.17, 15) is 18.0 Å². The molecular formula is C15H17N3O4S. The summed E-state index contributed by atoms with van der Waals surface area (Å²) in [6.07, 6.45) is 1.44. The molecule has 2 rings (SSSR count). The molecule has 2 N–H and O–H groups in total. The van der Waals surface area contributed by atoms with Crippen LogP contribution in [0.3, 0.4) is 0 Å². The number of aryl methyl sites for hydroxylation is 2. The molecule has 7 nitrogen and oxygen atoms in total. The third-order valence-electron chi connectivity index (χ3n) is 3.16. The number of sulfonamides is 1. The zero-order chi connectivity index (χ0) is 17.0. The maximum absolute atomic E-state index is 12.2. The molecule has 0 saturated carbocycles. The molecule has 1 amide bonds. The Bertz CT molecular complexity index is 888. The largest absolute Gasteiger partial charge is 0.306 e. The Morgan fingerprint density at radius 3 is 2.57 bits per heavy atom. The first-order chi connectivity index (χ1) is 10.8. The van der Waals surface area contributed by atoms with Gasteiger partial charge in [-0.1, -0.05) is 23.8 Å². The van der Waals surface area contributed by atoms with E-state index in [2.05, 4.69) is 5.43 Å². The summed E-state index contributed by atoms with van der Waals surface area (Å²) < 4.78 is 25.6. The van der Waals surface area contributed by atoms with Gasteiger partial charge in [0.25, 0.3) is 21.5 Å². The van der Waals surface area contributed by atoms with Gasteiger partial charge in [-0.2, -0.15) is 0 Å². The van der Waals surface area contributed by atoms with Gasteiger partial charge in [0.15, 0.2) is 0 Å². The van der Waals surface area contributed by atoms with Crippen LogP contribution in [-0.2, 0) is 21.4 Å². The van der Waals surface area contributed by atoms with Crippen molar-refractivity contribution in [3.63, 3.8) is 0 Å². The van der Waals surface area contributed by atoms with E-state index < -0.39 is 15.9 Å². The van der Waals surface area contributed by atoms with Gasteiger partial charge in [-0.05, 0) is 31.5 Å². The normalized spacial score (nSPS) is 11.2. The fourth-order valence-electron chi connectivity index (χ4n) is 2.07. The first kappa shape index (κ1) is 16.9. The highest BCUT2D eigenvalue weighted by molar-refractivity contribution is 7.89. The number of hydrazine groups is 1. The van der Waals surface area contributed by atoms with Gasteiger partial charge >= 0.3 is 0 Å². The number of rotatable bonds is 5. The first-order valence-electron chi connectivity index (χ1n) is 6.83. The number of hydrogen-bond acceptors (Lipinski definition) is 4. The summed E-state index contributed by atoms with van der Waals surface area (Å²) in [7, 11) is -3.87. The highest BCUT2D eigenvalue weighted by Gasteiger charge is 2.17. The molecule has 8 heteroatoms. The van der Waals surface area contributed by atoms with Crippen molar-refractivity contribution >= 4 is 15.9 Å². The molecule has 0 aliphatic rings. The second-order valence-corrected chi connectivity index (χ2v) is 6.74. The van der Waals surface area contributed by atoms with E-state index in [1.165, 1.54) is 22.9 Å². The standard InChI is InChI=1S/C15H17N3O4S/c1-11-6-7-13(12(2)9-11)23(21,22)17-16-14(19)10-18-8-4-3-5-15(18)20/h3-9,17H,10H2,1-2H3,(H,16,19). The van der Waals surface area contributed by atoms with Gasteiger partial charge in [0.05, 0.1) is 4.90 Å². The van der Waals surface area contributed by atoms with Crippen molar-refractivity contribution < 1.29 is 13.2 Å². The van der Waals surface area contributed by atoms with E-state index in [1.54, 1.807) is 31.2 Å². The number of carbonyl (C=O) groups excluding carboxylic acids is 1. The zero-order valence-corrected chi connectivity index (χ0v) is 13.6. The Balaban J connectivity index is 2.06. The van der Waals surface area contributed by atoms with Gasteiger partial charge in [-0.3, -0.25) is 15.0 Å². The predicted octanol–water partition coefficient (Wildman–Crippen LogP) is 0.475. The number of pyridine rings is 1. The molecule has 0 fully saturated rings. The second-order valence-electron chi connectivity index (χ2n) is 5.09. The van der Waals surface area contributed by atoms with Crippen molar-refractivity contribution in [2.45, 2.75) is 25.3 Å². The molecule has 2 aromatic rings. The van der Waals surface area contributed by atoms with Gasteiger partial charge < -0.3 is 4.57 Å². The molecule has 0 radical (unpaired) electrons. The molecule has 23 heavy (non-hydrogen) atoms. The van der Waals surface area contributed by atoms with Gasteiger partial charge in [0.1, 0.15) is 6.54 Å². The average Bonchev–Trinajstić information content (AvgIpc) is 2.47. The molecule has 122 valence electrons. The van der Waals surface area contributed by atoms with Gasteiger partial charge in [0, 0.05) is 12.3 Å². The Labute approximate surface area is 134 Å². The molecule has 0 aliphatic heterocycles. The average molecular weight is 335 g/mol. The minimum absolute atomic E-state index is 0.0836. The minimum Gasteiger partial charge on any atom is -0.306 e. The summed E-state index contributed by atoms with van der Waals surface area (Å²) in [6.45, 7) is 3.25. The molecule has 0 spiro atoms. The monoisotopic (exact) mass is 335 g/mol. The minimum atomic E-state index is -3.87. The van der Waals surface area contributed by atoms with Crippen LogP contribution < -0.4 is 15.8 Å². The Kier molecular flexibility index (Phi) is 4.97. The predicted molar refractivity (Wildman–Crippen MR) is 85.1 cm³/mol. The van der Waals surface area contributed by atoms with Crippen LogP contribution in [0.15, 0.2) is 52.3 Å². The van der Waals surface area contributed by atoms with Crippen molar-refractivity contribution in [3.8, 4) is 0 Å². The van der Waals surface area contributed by atoms with E-state index in [0.717, 1.165) is 5.56 Å². The van der Waals surface area contributed by atoms with E-state index in [-0.39, 0.29) is 17.0 Å². The summed E-state index contributed by atoms with van der Waals surface area (Å²) >= 11 is 0. The number of carbonyl (C=O) groups is 1. The lowest BCUT2D eigenvalue weighted by Gasteiger charge is -2.11. The van der Waals surface area contributed by atoms with Gasteiger partial charge in [0.2, 0.25) is 0 Å². The summed E-state index contributed by atoms with van der Waals surface area (Å²) in [5, 5.41) is 0. The topological polar surface area (TPSA) is 97.3 Å². The summed E-state index contributed by atoms with van der Waals surface area (Å²) in [5.74, 6) is -0.647. The fourth-order valence-corrected chi connectivity index (χ4v) is 3.15. The second kappa shape index (κ2) is 6.76. The van der Waals surface area contributed by atoms with Crippen LogP contribution in [0.25, 0.3) is 0 Å². The highest BCUT2D eigenvalue weighted by Crippen LogP contribution is 2.15. The van der Waals surface area contributed by atoms with Crippen molar-refractivity contribution in [1.82, 2.24) is 14.8 Å². The van der Waals surface area contributed by atoms with E-state index in [1.807, 2.05) is 11.8 Å².